The van der Waals surface area contributed by atoms with E-state index in [0.29, 0.717) is 26.2 Å². The van der Waals surface area contributed by atoms with E-state index in [2.05, 4.69) is 10.2 Å². The van der Waals surface area contributed by atoms with Crippen LogP contribution in [0.1, 0.15) is 18.4 Å². The van der Waals surface area contributed by atoms with Gasteiger partial charge in [0.05, 0.1) is 10.8 Å². The summed E-state index contributed by atoms with van der Waals surface area (Å²) in [4.78, 5) is 24.7. The predicted octanol–water partition coefficient (Wildman–Crippen LogP) is 1.54. The molecule has 1 unspecified atom stereocenters. The number of hydrogen-bond acceptors (Lipinski definition) is 5. The number of nitrogens with two attached hydrogens (primary N) is 1. The quantitative estimate of drug-likeness (QED) is 0.604. The smallest absolute Gasteiger partial charge is 0.288 e. The maximum absolute atomic E-state index is 12.0. The number of carbonyl (C=O) groups excluding carboxylic acids is 1. The molecule has 1 fully saturated rings. The van der Waals surface area contributed by atoms with Crippen LogP contribution in [0.5, 0.6) is 0 Å². The number of hydrogen-bond donors (Lipinski definition) is 2. The molecule has 126 valence electrons. The number of rotatable bonds is 6. The van der Waals surface area contributed by atoms with E-state index < -0.39 is 4.92 Å². The Morgan fingerprint density at radius 1 is 1.52 bits per heavy atom. The maximum Gasteiger partial charge on any atom is 0.288 e. The molecule has 0 radical (unpaired) electrons. The number of nitrogens with one attached hydrogen (secondary N) is 1. The second-order valence-corrected chi connectivity index (χ2v) is 6.10. The van der Waals surface area contributed by atoms with Gasteiger partial charge in [0.2, 0.25) is 5.91 Å². The van der Waals surface area contributed by atoms with Gasteiger partial charge < -0.3 is 11.1 Å². The van der Waals surface area contributed by atoms with Crippen LogP contribution in [-0.4, -0.2) is 41.9 Å². The van der Waals surface area contributed by atoms with Crippen molar-refractivity contribution < 1.29 is 9.72 Å². The molecule has 1 aliphatic rings. The summed E-state index contributed by atoms with van der Waals surface area (Å²) in [6.07, 6.45) is 1.78. The summed E-state index contributed by atoms with van der Waals surface area (Å²) in [6.45, 7) is 3.00. The van der Waals surface area contributed by atoms with E-state index in [1.807, 2.05) is 0 Å². The summed E-state index contributed by atoms with van der Waals surface area (Å²) in [6, 6.07) is 4.83. The molecule has 1 aromatic carbocycles. The van der Waals surface area contributed by atoms with Crippen LogP contribution in [-0.2, 0) is 11.3 Å². The fourth-order valence-corrected chi connectivity index (χ4v) is 2.99. The first-order valence-electron chi connectivity index (χ1n) is 7.64. The first kappa shape index (κ1) is 17.7. The van der Waals surface area contributed by atoms with Crippen molar-refractivity contribution in [2.24, 2.45) is 11.7 Å². The van der Waals surface area contributed by atoms with Crippen LogP contribution in [0.25, 0.3) is 0 Å². The molecule has 2 rings (SSSR count). The van der Waals surface area contributed by atoms with Gasteiger partial charge in [-0.1, -0.05) is 17.7 Å². The minimum Gasteiger partial charge on any atom is -0.355 e. The van der Waals surface area contributed by atoms with E-state index in [-0.39, 0.29) is 22.5 Å². The van der Waals surface area contributed by atoms with Crippen molar-refractivity contribution >= 4 is 23.2 Å². The van der Waals surface area contributed by atoms with Gasteiger partial charge in [0.15, 0.2) is 0 Å². The molecule has 0 spiro atoms. The molecule has 7 nitrogen and oxygen atoms in total. The lowest BCUT2D eigenvalue weighted by Crippen LogP contribution is -2.43. The number of nitrogens with zero attached hydrogens (tertiary/aromatic N) is 2. The van der Waals surface area contributed by atoms with Gasteiger partial charge in [-0.2, -0.15) is 0 Å². The Labute approximate surface area is 139 Å². The van der Waals surface area contributed by atoms with Gasteiger partial charge in [0.1, 0.15) is 5.02 Å². The minimum absolute atomic E-state index is 0.0298. The van der Waals surface area contributed by atoms with Crippen molar-refractivity contribution in [2.45, 2.75) is 19.4 Å². The Morgan fingerprint density at radius 2 is 2.30 bits per heavy atom. The number of carbonyl (C=O) groups is 1. The minimum atomic E-state index is -0.481. The second kappa shape index (κ2) is 8.24. The highest BCUT2D eigenvalue weighted by atomic mass is 35.5. The van der Waals surface area contributed by atoms with Crippen LogP contribution >= 0.6 is 11.6 Å². The van der Waals surface area contributed by atoms with Gasteiger partial charge >= 0.3 is 0 Å². The molecule has 1 aromatic rings. The van der Waals surface area contributed by atoms with Crippen molar-refractivity contribution in [3.63, 3.8) is 0 Å². The standard InChI is InChI=1S/C15H21ClN4O3/c16-13-4-3-11(8-14(13)20(22)23)9-19-7-1-2-12(10-19)15(21)18-6-5-17/h3-4,8,12H,1-2,5-7,9-10,17H2,(H,18,21). The average Bonchev–Trinajstić information content (AvgIpc) is 2.54. The highest BCUT2D eigenvalue weighted by molar-refractivity contribution is 6.32. The molecule has 1 atom stereocenters. The SMILES string of the molecule is NCCNC(=O)C1CCCN(Cc2ccc(Cl)c([N+](=O)[O-])c2)C1. The first-order chi connectivity index (χ1) is 11.0. The van der Waals surface area contributed by atoms with Crippen LogP contribution < -0.4 is 11.1 Å². The largest absolute Gasteiger partial charge is 0.355 e. The second-order valence-electron chi connectivity index (χ2n) is 5.70. The lowest BCUT2D eigenvalue weighted by atomic mass is 9.96. The summed E-state index contributed by atoms with van der Waals surface area (Å²) in [7, 11) is 0. The summed E-state index contributed by atoms with van der Waals surface area (Å²) >= 11 is 5.83. The van der Waals surface area contributed by atoms with Gasteiger partial charge in [-0.25, -0.2) is 0 Å². The van der Waals surface area contributed by atoms with Crippen LogP contribution in [0, 0.1) is 16.0 Å². The van der Waals surface area contributed by atoms with Gasteiger partial charge in [0.25, 0.3) is 5.69 Å². The molecule has 0 aromatic heterocycles. The molecule has 0 aliphatic carbocycles. The third-order valence-corrected chi connectivity index (χ3v) is 4.25. The number of nitro groups is 1. The van der Waals surface area contributed by atoms with Gasteiger partial charge in [-0.15, -0.1) is 0 Å². The molecule has 1 heterocycles. The van der Waals surface area contributed by atoms with Crippen molar-refractivity contribution in [1.29, 1.82) is 0 Å². The number of nitro benzene ring substituents is 1. The zero-order valence-electron chi connectivity index (χ0n) is 12.8. The monoisotopic (exact) mass is 340 g/mol. The van der Waals surface area contributed by atoms with Crippen LogP contribution in [0.15, 0.2) is 18.2 Å². The molecule has 1 amide bonds. The number of halogens is 1. The highest BCUT2D eigenvalue weighted by Gasteiger charge is 2.25. The normalized spacial score (nSPS) is 18.6. The number of likely N-dealkylation sites (tertiary alicyclic amines) is 1. The maximum atomic E-state index is 12.0. The van der Waals surface area contributed by atoms with E-state index in [1.54, 1.807) is 12.1 Å². The number of piperidine rings is 1. The predicted molar refractivity (Wildman–Crippen MR) is 88.2 cm³/mol. The van der Waals surface area contributed by atoms with Crippen molar-refractivity contribution in [2.75, 3.05) is 26.2 Å². The molecule has 0 bridgehead atoms. The van der Waals surface area contributed by atoms with Crippen LogP contribution in [0.3, 0.4) is 0 Å². The van der Waals surface area contributed by atoms with E-state index in [0.717, 1.165) is 24.9 Å². The summed E-state index contributed by atoms with van der Waals surface area (Å²) in [5.74, 6) is -0.0279. The summed E-state index contributed by atoms with van der Waals surface area (Å²) < 4.78 is 0. The van der Waals surface area contributed by atoms with E-state index in [4.69, 9.17) is 17.3 Å². The Hall–Kier alpha value is -1.70. The van der Waals surface area contributed by atoms with Gasteiger partial charge in [-0.05, 0) is 31.0 Å². The van der Waals surface area contributed by atoms with E-state index in [1.165, 1.54) is 6.07 Å². The van der Waals surface area contributed by atoms with Crippen molar-refractivity contribution in [3.8, 4) is 0 Å². The Balaban J connectivity index is 1.98. The molecule has 8 heteroatoms. The average molecular weight is 341 g/mol. The number of amides is 1. The third kappa shape index (κ3) is 4.89. The molecule has 3 N–H and O–H groups in total. The third-order valence-electron chi connectivity index (χ3n) is 3.93. The molecule has 0 saturated carbocycles. The molecule has 23 heavy (non-hydrogen) atoms. The Bertz CT molecular complexity index is 582. The Morgan fingerprint density at radius 3 is 3.00 bits per heavy atom. The highest BCUT2D eigenvalue weighted by Crippen LogP contribution is 2.26. The van der Waals surface area contributed by atoms with E-state index in [9.17, 15) is 14.9 Å². The van der Waals surface area contributed by atoms with E-state index >= 15 is 0 Å². The lowest BCUT2D eigenvalue weighted by molar-refractivity contribution is -0.384. The number of benzene rings is 1. The summed E-state index contributed by atoms with van der Waals surface area (Å²) in [5.41, 5.74) is 6.13. The fourth-order valence-electron chi connectivity index (χ4n) is 2.81. The zero-order valence-corrected chi connectivity index (χ0v) is 13.6. The van der Waals surface area contributed by atoms with Crippen LogP contribution in [0.2, 0.25) is 5.02 Å². The van der Waals surface area contributed by atoms with Crippen molar-refractivity contribution in [3.05, 3.63) is 38.9 Å². The zero-order chi connectivity index (χ0) is 16.8. The van der Waals surface area contributed by atoms with Crippen molar-refractivity contribution in [1.82, 2.24) is 10.2 Å². The Kier molecular flexibility index (Phi) is 6.32. The molecular weight excluding hydrogens is 320 g/mol. The molecular formula is C15H21ClN4O3. The van der Waals surface area contributed by atoms with Gasteiger partial charge in [-0.3, -0.25) is 19.8 Å². The lowest BCUT2D eigenvalue weighted by Gasteiger charge is -2.32. The molecule has 1 aliphatic heterocycles. The topological polar surface area (TPSA) is 102 Å². The van der Waals surface area contributed by atoms with Gasteiger partial charge in [0, 0.05) is 32.2 Å². The fraction of sp³-hybridized carbons (Fsp3) is 0.533. The first-order valence-corrected chi connectivity index (χ1v) is 8.02. The van der Waals surface area contributed by atoms with Crippen LogP contribution in [0.4, 0.5) is 5.69 Å². The summed E-state index contributed by atoms with van der Waals surface area (Å²) in [5, 5.41) is 13.9. The molecule has 1 saturated heterocycles.